The normalized spacial score (nSPS) is 18.6. The van der Waals surface area contributed by atoms with Crippen LogP contribution in [0.25, 0.3) is 0 Å². The Balaban J connectivity index is 1.90. The van der Waals surface area contributed by atoms with Crippen molar-refractivity contribution in [2.75, 3.05) is 33.2 Å². The van der Waals surface area contributed by atoms with Crippen LogP contribution < -0.4 is 5.32 Å². The van der Waals surface area contributed by atoms with Crippen LogP contribution in [0.5, 0.6) is 0 Å². The molecule has 0 amide bonds. The van der Waals surface area contributed by atoms with E-state index < -0.39 is 0 Å². The van der Waals surface area contributed by atoms with Crippen molar-refractivity contribution in [3.05, 3.63) is 23.2 Å². The molecule has 0 atom stereocenters. The number of nitrogens with zero attached hydrogens (tertiary/aromatic N) is 2. The van der Waals surface area contributed by atoms with Crippen LogP contribution >= 0.6 is 0 Å². The first-order valence-electron chi connectivity index (χ1n) is 7.77. The fourth-order valence-electron chi connectivity index (χ4n) is 2.62. The van der Waals surface area contributed by atoms with Gasteiger partial charge in [-0.2, -0.15) is 0 Å². The molecule has 1 fully saturated rings. The van der Waals surface area contributed by atoms with Crippen molar-refractivity contribution in [2.24, 2.45) is 0 Å². The summed E-state index contributed by atoms with van der Waals surface area (Å²) < 4.78 is 6.02. The van der Waals surface area contributed by atoms with E-state index in [1.807, 2.05) is 0 Å². The zero-order valence-electron chi connectivity index (χ0n) is 13.4. The smallest absolute Gasteiger partial charge is 0.120 e. The van der Waals surface area contributed by atoms with Gasteiger partial charge in [0.2, 0.25) is 0 Å². The Morgan fingerprint density at radius 1 is 1.25 bits per heavy atom. The third-order valence-electron chi connectivity index (χ3n) is 3.93. The summed E-state index contributed by atoms with van der Waals surface area (Å²) in [6.45, 7) is 12.9. The molecule has 1 saturated heterocycles. The van der Waals surface area contributed by atoms with Crippen LogP contribution in [0, 0.1) is 6.92 Å². The number of rotatable bonds is 5. The summed E-state index contributed by atoms with van der Waals surface area (Å²) >= 11 is 0. The first-order chi connectivity index (χ1) is 9.54. The van der Waals surface area contributed by atoms with E-state index in [4.69, 9.17) is 4.42 Å². The summed E-state index contributed by atoms with van der Waals surface area (Å²) in [6.07, 6.45) is 1.25. The first-order valence-corrected chi connectivity index (χ1v) is 7.77. The number of hydrogen-bond acceptors (Lipinski definition) is 4. The molecular formula is C16H29N3O. The van der Waals surface area contributed by atoms with Gasteiger partial charge in [0.1, 0.15) is 11.5 Å². The van der Waals surface area contributed by atoms with Gasteiger partial charge >= 0.3 is 0 Å². The molecule has 0 bridgehead atoms. The number of nitrogens with one attached hydrogen (secondary N) is 1. The van der Waals surface area contributed by atoms with E-state index in [0.29, 0.717) is 6.04 Å². The van der Waals surface area contributed by atoms with Crippen LogP contribution in [0.4, 0.5) is 0 Å². The van der Waals surface area contributed by atoms with Crippen LogP contribution in [0.2, 0.25) is 0 Å². The SMILES string of the molecule is Cc1cc(CN2CCCN(C)CC2)oc1CNC(C)C. The first kappa shape index (κ1) is 15.5. The molecular weight excluding hydrogens is 250 g/mol. The quantitative estimate of drug-likeness (QED) is 0.895. The minimum absolute atomic E-state index is 0.490. The van der Waals surface area contributed by atoms with Gasteiger partial charge in [0.25, 0.3) is 0 Å². The van der Waals surface area contributed by atoms with Crippen LogP contribution in [0.15, 0.2) is 10.5 Å². The van der Waals surface area contributed by atoms with Crippen LogP contribution in [-0.4, -0.2) is 49.1 Å². The van der Waals surface area contributed by atoms with E-state index in [1.54, 1.807) is 0 Å². The summed E-state index contributed by atoms with van der Waals surface area (Å²) in [6, 6.07) is 2.69. The maximum absolute atomic E-state index is 6.02. The monoisotopic (exact) mass is 279 g/mol. The third kappa shape index (κ3) is 4.62. The molecule has 0 radical (unpaired) electrons. The Labute approximate surface area is 123 Å². The third-order valence-corrected chi connectivity index (χ3v) is 3.93. The van der Waals surface area contributed by atoms with E-state index in [1.165, 1.54) is 25.1 Å². The van der Waals surface area contributed by atoms with Gasteiger partial charge in [0.15, 0.2) is 0 Å². The van der Waals surface area contributed by atoms with E-state index in [9.17, 15) is 0 Å². The van der Waals surface area contributed by atoms with Crippen molar-refractivity contribution in [3.63, 3.8) is 0 Å². The highest BCUT2D eigenvalue weighted by Gasteiger charge is 2.15. The lowest BCUT2D eigenvalue weighted by Crippen LogP contribution is -2.28. The van der Waals surface area contributed by atoms with E-state index in [2.05, 4.69) is 49.0 Å². The molecule has 1 aliphatic heterocycles. The molecule has 4 heteroatoms. The van der Waals surface area contributed by atoms with Gasteiger partial charge < -0.3 is 14.6 Å². The lowest BCUT2D eigenvalue weighted by Gasteiger charge is -2.18. The summed E-state index contributed by atoms with van der Waals surface area (Å²) in [4.78, 5) is 4.91. The zero-order valence-corrected chi connectivity index (χ0v) is 13.4. The van der Waals surface area contributed by atoms with E-state index in [-0.39, 0.29) is 0 Å². The Morgan fingerprint density at radius 3 is 2.80 bits per heavy atom. The van der Waals surface area contributed by atoms with Crippen molar-refractivity contribution in [1.82, 2.24) is 15.1 Å². The highest BCUT2D eigenvalue weighted by Crippen LogP contribution is 2.17. The standard InChI is InChI=1S/C16H29N3O/c1-13(2)17-11-16-14(3)10-15(20-16)12-19-7-5-6-18(4)8-9-19/h10,13,17H,5-9,11-12H2,1-4H3. The van der Waals surface area contributed by atoms with Crippen LogP contribution in [0.1, 0.15) is 37.4 Å². The van der Waals surface area contributed by atoms with Gasteiger partial charge in [-0.1, -0.05) is 13.8 Å². The van der Waals surface area contributed by atoms with Gasteiger partial charge in [-0.3, -0.25) is 4.90 Å². The number of aryl methyl sites for hydroxylation is 1. The number of furan rings is 1. The lowest BCUT2D eigenvalue weighted by atomic mass is 10.2. The molecule has 1 aromatic heterocycles. The molecule has 1 N–H and O–H groups in total. The molecule has 0 spiro atoms. The van der Waals surface area contributed by atoms with Crippen LogP contribution in [-0.2, 0) is 13.1 Å². The molecule has 0 unspecified atom stereocenters. The fourth-order valence-corrected chi connectivity index (χ4v) is 2.62. The summed E-state index contributed by atoms with van der Waals surface area (Å²) in [7, 11) is 2.20. The Morgan fingerprint density at radius 2 is 2.05 bits per heavy atom. The average molecular weight is 279 g/mol. The Bertz CT molecular complexity index is 414. The highest BCUT2D eigenvalue weighted by atomic mass is 16.3. The van der Waals surface area contributed by atoms with Gasteiger partial charge in [-0.05, 0) is 45.1 Å². The van der Waals surface area contributed by atoms with Gasteiger partial charge in [0.05, 0.1) is 13.1 Å². The molecule has 0 aliphatic carbocycles. The van der Waals surface area contributed by atoms with Crippen molar-refractivity contribution in [3.8, 4) is 0 Å². The van der Waals surface area contributed by atoms with Gasteiger partial charge in [-0.15, -0.1) is 0 Å². The molecule has 0 saturated carbocycles. The minimum atomic E-state index is 0.490. The maximum atomic E-state index is 6.02. The predicted octanol–water partition coefficient (Wildman–Crippen LogP) is 2.22. The molecule has 1 aliphatic rings. The Hall–Kier alpha value is -0.840. The number of likely N-dealkylation sites (N-methyl/N-ethyl adjacent to an activating group) is 1. The van der Waals surface area contributed by atoms with Gasteiger partial charge in [0, 0.05) is 19.1 Å². The molecule has 114 valence electrons. The zero-order chi connectivity index (χ0) is 14.5. The fraction of sp³-hybridized carbons (Fsp3) is 0.750. The summed E-state index contributed by atoms with van der Waals surface area (Å²) in [5.41, 5.74) is 1.26. The largest absolute Gasteiger partial charge is 0.463 e. The average Bonchev–Trinajstić information content (AvgIpc) is 2.59. The Kier molecular flexibility index (Phi) is 5.64. The topological polar surface area (TPSA) is 31.6 Å². The lowest BCUT2D eigenvalue weighted by molar-refractivity contribution is 0.245. The van der Waals surface area contributed by atoms with Gasteiger partial charge in [-0.25, -0.2) is 0 Å². The van der Waals surface area contributed by atoms with E-state index >= 15 is 0 Å². The molecule has 2 heterocycles. The van der Waals surface area contributed by atoms with E-state index in [0.717, 1.165) is 37.7 Å². The van der Waals surface area contributed by atoms with Crippen molar-refractivity contribution in [1.29, 1.82) is 0 Å². The molecule has 2 rings (SSSR count). The molecule has 4 nitrogen and oxygen atoms in total. The maximum Gasteiger partial charge on any atom is 0.120 e. The molecule has 20 heavy (non-hydrogen) atoms. The van der Waals surface area contributed by atoms with Crippen molar-refractivity contribution < 1.29 is 4.42 Å². The second-order valence-corrected chi connectivity index (χ2v) is 6.29. The molecule has 1 aromatic rings. The summed E-state index contributed by atoms with van der Waals surface area (Å²) in [5, 5.41) is 3.42. The highest BCUT2D eigenvalue weighted by molar-refractivity contribution is 5.20. The molecule has 0 aromatic carbocycles. The van der Waals surface area contributed by atoms with Crippen LogP contribution in [0.3, 0.4) is 0 Å². The minimum Gasteiger partial charge on any atom is -0.463 e. The van der Waals surface area contributed by atoms with Crippen molar-refractivity contribution in [2.45, 2.75) is 46.3 Å². The second kappa shape index (κ2) is 7.25. The number of hydrogen-bond donors (Lipinski definition) is 1. The second-order valence-electron chi connectivity index (χ2n) is 6.29. The van der Waals surface area contributed by atoms with Crippen molar-refractivity contribution >= 4 is 0 Å². The predicted molar refractivity (Wildman–Crippen MR) is 82.8 cm³/mol. The summed E-state index contributed by atoms with van der Waals surface area (Å²) in [5.74, 6) is 2.19.